The highest BCUT2D eigenvalue weighted by Gasteiger charge is 2.27. The first-order chi connectivity index (χ1) is 16.1. The van der Waals surface area contributed by atoms with Gasteiger partial charge in [0.25, 0.3) is 0 Å². The number of nitrogens with zero attached hydrogens (tertiary/aromatic N) is 2. The molecule has 0 atom stereocenters. The SMILES string of the molecule is O=C(O)Oc1c(Cc2cc3c(cc2Cl)OCO3)c(-c2ccccc2)nn1CC1CCCCC1. The molecule has 2 heterocycles. The van der Waals surface area contributed by atoms with Gasteiger partial charge in [0.15, 0.2) is 11.5 Å². The molecule has 0 radical (unpaired) electrons. The molecule has 1 fully saturated rings. The van der Waals surface area contributed by atoms with Crippen LogP contribution in [0.25, 0.3) is 11.3 Å². The van der Waals surface area contributed by atoms with Crippen molar-refractivity contribution in [3.63, 3.8) is 0 Å². The first kappa shape index (κ1) is 21.6. The van der Waals surface area contributed by atoms with Crippen LogP contribution in [0.5, 0.6) is 17.4 Å². The summed E-state index contributed by atoms with van der Waals surface area (Å²) in [7, 11) is 0. The van der Waals surface area contributed by atoms with Crippen molar-refractivity contribution in [2.75, 3.05) is 6.79 Å². The van der Waals surface area contributed by atoms with Gasteiger partial charge in [-0.3, -0.25) is 0 Å². The molecule has 0 saturated heterocycles. The second-order valence-electron chi connectivity index (χ2n) is 8.53. The summed E-state index contributed by atoms with van der Waals surface area (Å²) in [5.41, 5.74) is 3.05. The van der Waals surface area contributed by atoms with Crippen LogP contribution in [0.3, 0.4) is 0 Å². The van der Waals surface area contributed by atoms with Crippen LogP contribution >= 0.6 is 11.6 Å². The molecule has 1 aliphatic heterocycles. The van der Waals surface area contributed by atoms with E-state index in [0.717, 1.165) is 24.0 Å². The highest BCUT2D eigenvalue weighted by Crippen LogP contribution is 2.40. The number of halogens is 1. The van der Waals surface area contributed by atoms with E-state index in [1.54, 1.807) is 10.7 Å². The Hall–Kier alpha value is -3.19. The third-order valence-corrected chi connectivity index (χ3v) is 6.65. The summed E-state index contributed by atoms with van der Waals surface area (Å²) in [5, 5.41) is 14.9. The van der Waals surface area contributed by atoms with Gasteiger partial charge in [0.05, 0.1) is 5.69 Å². The fourth-order valence-corrected chi connectivity index (χ4v) is 4.91. The molecule has 8 heteroatoms. The monoisotopic (exact) mass is 468 g/mol. The van der Waals surface area contributed by atoms with Crippen LogP contribution in [-0.4, -0.2) is 27.8 Å². The van der Waals surface area contributed by atoms with Gasteiger partial charge in [-0.15, -0.1) is 0 Å². The molecular weight excluding hydrogens is 444 g/mol. The molecule has 1 N–H and O–H groups in total. The Morgan fingerprint density at radius 1 is 1.12 bits per heavy atom. The van der Waals surface area contributed by atoms with Crippen molar-refractivity contribution in [2.24, 2.45) is 5.92 Å². The van der Waals surface area contributed by atoms with Crippen molar-refractivity contribution >= 4 is 17.8 Å². The summed E-state index contributed by atoms with van der Waals surface area (Å²) >= 11 is 6.56. The van der Waals surface area contributed by atoms with Crippen LogP contribution in [0.4, 0.5) is 4.79 Å². The number of carboxylic acid groups (broad SMARTS) is 1. The molecule has 5 rings (SSSR count). The zero-order chi connectivity index (χ0) is 22.8. The number of carbonyl (C=O) groups is 1. The van der Waals surface area contributed by atoms with E-state index in [9.17, 15) is 9.90 Å². The van der Waals surface area contributed by atoms with Crippen molar-refractivity contribution < 1.29 is 24.1 Å². The van der Waals surface area contributed by atoms with E-state index in [4.69, 9.17) is 30.9 Å². The van der Waals surface area contributed by atoms with Gasteiger partial charge in [0.2, 0.25) is 12.7 Å². The summed E-state index contributed by atoms with van der Waals surface area (Å²) < 4.78 is 18.0. The average Bonchev–Trinajstić information content (AvgIpc) is 3.40. The zero-order valence-electron chi connectivity index (χ0n) is 18.1. The normalized spacial score (nSPS) is 15.5. The molecule has 172 valence electrons. The number of aromatic nitrogens is 2. The first-order valence-corrected chi connectivity index (χ1v) is 11.6. The molecule has 2 aromatic carbocycles. The van der Waals surface area contributed by atoms with Gasteiger partial charge in [-0.1, -0.05) is 61.2 Å². The maximum atomic E-state index is 11.7. The number of benzene rings is 2. The molecule has 0 bridgehead atoms. The highest BCUT2D eigenvalue weighted by atomic mass is 35.5. The smallest absolute Gasteiger partial charge is 0.454 e. The predicted molar refractivity (Wildman–Crippen MR) is 123 cm³/mol. The molecule has 0 amide bonds. The fourth-order valence-electron chi connectivity index (χ4n) is 4.69. The second-order valence-corrected chi connectivity index (χ2v) is 8.93. The second kappa shape index (κ2) is 9.35. The van der Waals surface area contributed by atoms with Crippen molar-refractivity contribution in [1.82, 2.24) is 9.78 Å². The number of ether oxygens (including phenoxy) is 3. The summed E-state index contributed by atoms with van der Waals surface area (Å²) in [6.45, 7) is 0.772. The Balaban J connectivity index is 1.60. The van der Waals surface area contributed by atoms with Crippen molar-refractivity contribution in [2.45, 2.75) is 45.1 Å². The molecule has 1 aromatic heterocycles. The van der Waals surface area contributed by atoms with Crippen molar-refractivity contribution in [3.8, 4) is 28.6 Å². The first-order valence-electron chi connectivity index (χ1n) is 11.2. The Labute approximate surface area is 196 Å². The number of fused-ring (bicyclic) bond motifs is 1. The third-order valence-electron chi connectivity index (χ3n) is 6.30. The lowest BCUT2D eigenvalue weighted by Crippen LogP contribution is -2.17. The lowest BCUT2D eigenvalue weighted by Gasteiger charge is -2.22. The van der Waals surface area contributed by atoms with Crippen LogP contribution in [-0.2, 0) is 13.0 Å². The number of hydrogen-bond donors (Lipinski definition) is 1. The minimum Gasteiger partial charge on any atom is -0.454 e. The molecule has 0 unspecified atom stereocenters. The highest BCUT2D eigenvalue weighted by molar-refractivity contribution is 6.31. The molecule has 0 spiro atoms. The maximum absolute atomic E-state index is 11.7. The number of hydrogen-bond acceptors (Lipinski definition) is 5. The third kappa shape index (κ3) is 4.64. The quantitative estimate of drug-likeness (QED) is 0.436. The Bertz CT molecular complexity index is 1160. The van der Waals surface area contributed by atoms with Gasteiger partial charge in [-0.05, 0) is 30.4 Å². The Morgan fingerprint density at radius 2 is 1.85 bits per heavy atom. The largest absolute Gasteiger partial charge is 0.512 e. The van der Waals surface area contributed by atoms with Crippen LogP contribution in [0.15, 0.2) is 42.5 Å². The summed E-state index contributed by atoms with van der Waals surface area (Å²) in [6, 6.07) is 13.3. The molecule has 33 heavy (non-hydrogen) atoms. The van der Waals surface area contributed by atoms with Crippen LogP contribution in [0.2, 0.25) is 5.02 Å². The van der Waals surface area contributed by atoms with Crippen LogP contribution in [0, 0.1) is 5.92 Å². The van der Waals surface area contributed by atoms with E-state index >= 15 is 0 Å². The molecule has 7 nitrogen and oxygen atoms in total. The minimum atomic E-state index is -1.36. The van der Waals surface area contributed by atoms with Gasteiger partial charge in [-0.2, -0.15) is 5.10 Å². The van der Waals surface area contributed by atoms with Gasteiger partial charge in [-0.25, -0.2) is 9.48 Å². The molecule has 2 aliphatic rings. The van der Waals surface area contributed by atoms with E-state index in [-0.39, 0.29) is 12.7 Å². The molecule has 1 saturated carbocycles. The van der Waals surface area contributed by atoms with Gasteiger partial charge in [0.1, 0.15) is 0 Å². The standard InChI is InChI=1S/C25H25ClN2O5/c26-20-13-22-21(31-15-32-22)12-18(20)11-19-23(17-9-5-2-6-10-17)27-28(24(19)33-25(29)30)14-16-7-3-1-4-8-16/h2,5-6,9-10,12-13,16H,1,3-4,7-8,11,14-15H2,(H,29,30). The summed E-state index contributed by atoms with van der Waals surface area (Å²) in [5.74, 6) is 1.91. The van der Waals surface area contributed by atoms with Crippen LogP contribution in [0.1, 0.15) is 43.2 Å². The average molecular weight is 469 g/mol. The van der Waals surface area contributed by atoms with E-state index in [2.05, 4.69) is 0 Å². The van der Waals surface area contributed by atoms with Gasteiger partial charge >= 0.3 is 6.16 Å². The molecule has 1 aliphatic carbocycles. The summed E-state index contributed by atoms with van der Waals surface area (Å²) in [6.07, 6.45) is 4.81. The van der Waals surface area contributed by atoms with Gasteiger partial charge in [0, 0.05) is 35.2 Å². The van der Waals surface area contributed by atoms with Crippen molar-refractivity contribution in [3.05, 3.63) is 58.6 Å². The Morgan fingerprint density at radius 3 is 2.58 bits per heavy atom. The zero-order valence-corrected chi connectivity index (χ0v) is 18.9. The van der Waals surface area contributed by atoms with E-state index in [1.165, 1.54) is 19.3 Å². The summed E-state index contributed by atoms with van der Waals surface area (Å²) in [4.78, 5) is 11.7. The molecule has 3 aromatic rings. The molecular formula is C25H25ClN2O5. The maximum Gasteiger partial charge on any atom is 0.512 e. The minimum absolute atomic E-state index is 0.150. The van der Waals surface area contributed by atoms with E-state index < -0.39 is 6.16 Å². The topological polar surface area (TPSA) is 82.8 Å². The lowest BCUT2D eigenvalue weighted by molar-refractivity contribution is 0.138. The van der Waals surface area contributed by atoms with Crippen molar-refractivity contribution in [1.29, 1.82) is 0 Å². The van der Waals surface area contributed by atoms with E-state index in [1.807, 2.05) is 36.4 Å². The van der Waals surface area contributed by atoms with E-state index in [0.29, 0.717) is 46.7 Å². The lowest BCUT2D eigenvalue weighted by atomic mass is 9.89. The predicted octanol–water partition coefficient (Wildman–Crippen LogP) is 6.16. The Kier molecular flexibility index (Phi) is 6.13. The number of rotatable bonds is 6. The fraction of sp³-hybridized carbons (Fsp3) is 0.360. The van der Waals surface area contributed by atoms with Gasteiger partial charge < -0.3 is 19.3 Å². The van der Waals surface area contributed by atoms with Crippen LogP contribution < -0.4 is 14.2 Å².